The molecule has 1 aliphatic rings. The molecule has 8 heteroatoms. The first-order valence-electron chi connectivity index (χ1n) is 9.40. The van der Waals surface area contributed by atoms with Crippen LogP contribution < -0.4 is 4.74 Å². The van der Waals surface area contributed by atoms with E-state index < -0.39 is 0 Å². The van der Waals surface area contributed by atoms with Gasteiger partial charge in [-0.2, -0.15) is 5.10 Å². The van der Waals surface area contributed by atoms with Crippen molar-refractivity contribution < 1.29 is 9.53 Å². The van der Waals surface area contributed by atoms with Gasteiger partial charge >= 0.3 is 0 Å². The van der Waals surface area contributed by atoms with Crippen molar-refractivity contribution >= 4 is 5.91 Å². The SMILES string of the molecule is COc1cccc(-c2cc(C(=O)N3CCN(CCn4ccnc4)CC3)[nH]n2)c1. The van der Waals surface area contributed by atoms with E-state index in [-0.39, 0.29) is 5.91 Å². The molecule has 1 aliphatic heterocycles. The molecular formula is C20H24N6O2. The van der Waals surface area contributed by atoms with E-state index in [2.05, 4.69) is 24.6 Å². The van der Waals surface area contributed by atoms with Crippen LogP contribution in [0.25, 0.3) is 11.3 Å². The minimum absolute atomic E-state index is 0.00379. The first kappa shape index (κ1) is 18.2. The van der Waals surface area contributed by atoms with Gasteiger partial charge in [-0.1, -0.05) is 12.1 Å². The van der Waals surface area contributed by atoms with E-state index in [0.29, 0.717) is 5.69 Å². The number of amides is 1. The summed E-state index contributed by atoms with van der Waals surface area (Å²) in [6, 6.07) is 9.46. The number of aromatic nitrogens is 4. The molecule has 0 bridgehead atoms. The quantitative estimate of drug-likeness (QED) is 0.705. The Balaban J connectivity index is 1.33. The van der Waals surface area contributed by atoms with E-state index in [0.717, 1.165) is 56.3 Å². The van der Waals surface area contributed by atoms with Gasteiger partial charge in [0.05, 0.1) is 19.1 Å². The number of imidazole rings is 1. The molecule has 0 atom stereocenters. The van der Waals surface area contributed by atoms with Crippen LogP contribution >= 0.6 is 0 Å². The minimum atomic E-state index is -0.00379. The van der Waals surface area contributed by atoms with Crippen molar-refractivity contribution in [1.82, 2.24) is 29.5 Å². The summed E-state index contributed by atoms with van der Waals surface area (Å²) in [6.45, 7) is 5.06. The van der Waals surface area contributed by atoms with Crippen LogP contribution in [0, 0.1) is 0 Å². The molecule has 8 nitrogen and oxygen atoms in total. The number of methoxy groups -OCH3 is 1. The number of H-pyrrole nitrogens is 1. The fraction of sp³-hybridized carbons (Fsp3) is 0.350. The van der Waals surface area contributed by atoms with Gasteiger partial charge in [-0.3, -0.25) is 14.8 Å². The molecule has 1 amide bonds. The molecule has 1 fully saturated rings. The van der Waals surface area contributed by atoms with E-state index in [1.807, 2.05) is 47.8 Å². The number of ether oxygens (including phenoxy) is 1. The Kier molecular flexibility index (Phi) is 5.38. The van der Waals surface area contributed by atoms with Gasteiger partial charge < -0.3 is 14.2 Å². The second kappa shape index (κ2) is 8.26. The van der Waals surface area contributed by atoms with Crippen molar-refractivity contribution in [3.63, 3.8) is 0 Å². The Bertz CT molecular complexity index is 912. The molecule has 146 valence electrons. The van der Waals surface area contributed by atoms with Gasteiger partial charge in [-0.25, -0.2) is 4.98 Å². The summed E-state index contributed by atoms with van der Waals surface area (Å²) in [5.41, 5.74) is 2.17. The monoisotopic (exact) mass is 380 g/mol. The van der Waals surface area contributed by atoms with Crippen LogP contribution in [0.15, 0.2) is 49.1 Å². The van der Waals surface area contributed by atoms with Gasteiger partial charge in [0.1, 0.15) is 11.4 Å². The van der Waals surface area contributed by atoms with Gasteiger partial charge in [-0.15, -0.1) is 0 Å². The van der Waals surface area contributed by atoms with Crippen LogP contribution in [0.5, 0.6) is 5.75 Å². The first-order chi connectivity index (χ1) is 13.7. The molecule has 1 aromatic carbocycles. The third-order valence-corrected chi connectivity index (χ3v) is 5.07. The highest BCUT2D eigenvalue weighted by Gasteiger charge is 2.23. The zero-order valence-electron chi connectivity index (χ0n) is 15.9. The Morgan fingerprint density at radius 3 is 2.79 bits per heavy atom. The third-order valence-electron chi connectivity index (χ3n) is 5.07. The molecular weight excluding hydrogens is 356 g/mol. The summed E-state index contributed by atoms with van der Waals surface area (Å²) in [5.74, 6) is 0.760. The van der Waals surface area contributed by atoms with Crippen molar-refractivity contribution in [2.24, 2.45) is 0 Å². The number of carbonyl (C=O) groups is 1. The minimum Gasteiger partial charge on any atom is -0.497 e. The van der Waals surface area contributed by atoms with E-state index in [4.69, 9.17) is 4.74 Å². The maximum Gasteiger partial charge on any atom is 0.271 e. The normalized spacial score (nSPS) is 15.0. The third kappa shape index (κ3) is 4.07. The maximum absolute atomic E-state index is 12.8. The number of nitrogens with zero attached hydrogens (tertiary/aromatic N) is 5. The number of piperazine rings is 1. The van der Waals surface area contributed by atoms with Crippen LogP contribution in [0.4, 0.5) is 0 Å². The predicted octanol–water partition coefficient (Wildman–Crippen LogP) is 1.74. The van der Waals surface area contributed by atoms with Crippen LogP contribution in [-0.4, -0.2) is 75.3 Å². The molecule has 0 aliphatic carbocycles. The molecule has 2 aromatic heterocycles. The predicted molar refractivity (Wildman–Crippen MR) is 105 cm³/mol. The molecule has 4 rings (SSSR count). The van der Waals surface area contributed by atoms with Gasteiger partial charge in [-0.05, 0) is 18.2 Å². The fourth-order valence-corrected chi connectivity index (χ4v) is 3.38. The Morgan fingerprint density at radius 1 is 1.18 bits per heavy atom. The number of hydrogen-bond donors (Lipinski definition) is 1. The van der Waals surface area contributed by atoms with Crippen molar-refractivity contribution in [3.05, 3.63) is 54.7 Å². The number of nitrogens with one attached hydrogen (secondary N) is 1. The summed E-state index contributed by atoms with van der Waals surface area (Å²) in [7, 11) is 1.63. The summed E-state index contributed by atoms with van der Waals surface area (Å²) < 4.78 is 7.33. The highest BCUT2D eigenvalue weighted by molar-refractivity contribution is 5.93. The average Bonchev–Trinajstić information content (AvgIpc) is 3.44. The average molecular weight is 380 g/mol. The summed E-state index contributed by atoms with van der Waals surface area (Å²) in [6.07, 6.45) is 5.59. The molecule has 1 N–H and O–H groups in total. The Morgan fingerprint density at radius 2 is 2.04 bits per heavy atom. The highest BCUT2D eigenvalue weighted by atomic mass is 16.5. The standard InChI is InChI=1S/C20H24N6O2/c1-28-17-4-2-3-16(13-17)18-14-19(23-22-18)20(27)26-11-9-24(10-12-26)7-8-25-6-5-21-15-25/h2-6,13-15H,7-12H2,1H3,(H,22,23). The second-order valence-electron chi connectivity index (χ2n) is 6.83. The smallest absolute Gasteiger partial charge is 0.271 e. The molecule has 0 spiro atoms. The van der Waals surface area contributed by atoms with Crippen LogP contribution in [0.3, 0.4) is 0 Å². The maximum atomic E-state index is 12.8. The summed E-state index contributed by atoms with van der Waals surface area (Å²) in [4.78, 5) is 21.1. The van der Waals surface area contributed by atoms with Gasteiger partial charge in [0.25, 0.3) is 5.91 Å². The number of hydrogen-bond acceptors (Lipinski definition) is 5. The lowest BCUT2D eigenvalue weighted by molar-refractivity contribution is 0.0627. The lowest BCUT2D eigenvalue weighted by Crippen LogP contribution is -2.49. The fourth-order valence-electron chi connectivity index (χ4n) is 3.38. The lowest BCUT2D eigenvalue weighted by atomic mass is 10.1. The molecule has 0 radical (unpaired) electrons. The molecule has 3 aromatic rings. The molecule has 0 saturated carbocycles. The summed E-state index contributed by atoms with van der Waals surface area (Å²) >= 11 is 0. The van der Waals surface area contributed by atoms with E-state index in [1.54, 1.807) is 13.3 Å². The topological polar surface area (TPSA) is 79.3 Å². The zero-order valence-corrected chi connectivity index (χ0v) is 15.9. The van der Waals surface area contributed by atoms with Crippen molar-refractivity contribution in [1.29, 1.82) is 0 Å². The van der Waals surface area contributed by atoms with Gasteiger partial charge in [0.2, 0.25) is 0 Å². The van der Waals surface area contributed by atoms with E-state index in [9.17, 15) is 4.79 Å². The summed E-state index contributed by atoms with van der Waals surface area (Å²) in [5, 5.41) is 7.19. The number of rotatable bonds is 6. The van der Waals surface area contributed by atoms with Gasteiger partial charge in [0.15, 0.2) is 0 Å². The molecule has 3 heterocycles. The van der Waals surface area contributed by atoms with Crippen LogP contribution in [-0.2, 0) is 6.54 Å². The molecule has 1 saturated heterocycles. The number of benzene rings is 1. The van der Waals surface area contributed by atoms with Crippen LogP contribution in [0.1, 0.15) is 10.5 Å². The van der Waals surface area contributed by atoms with E-state index in [1.165, 1.54) is 0 Å². The first-order valence-corrected chi connectivity index (χ1v) is 9.40. The van der Waals surface area contributed by atoms with E-state index >= 15 is 0 Å². The number of carbonyl (C=O) groups excluding carboxylic acids is 1. The van der Waals surface area contributed by atoms with Gasteiger partial charge in [0, 0.05) is 57.2 Å². The van der Waals surface area contributed by atoms with Crippen molar-refractivity contribution in [2.75, 3.05) is 39.8 Å². The van der Waals surface area contributed by atoms with Crippen LogP contribution in [0.2, 0.25) is 0 Å². The Hall–Kier alpha value is -3.13. The Labute approximate surface area is 163 Å². The highest BCUT2D eigenvalue weighted by Crippen LogP contribution is 2.23. The van der Waals surface area contributed by atoms with Crippen molar-refractivity contribution in [3.8, 4) is 17.0 Å². The molecule has 0 unspecified atom stereocenters. The lowest BCUT2D eigenvalue weighted by Gasteiger charge is -2.34. The molecule has 28 heavy (non-hydrogen) atoms. The largest absolute Gasteiger partial charge is 0.497 e. The van der Waals surface area contributed by atoms with Crippen molar-refractivity contribution in [2.45, 2.75) is 6.54 Å². The zero-order chi connectivity index (χ0) is 19.3. The number of aromatic amines is 1. The second-order valence-corrected chi connectivity index (χ2v) is 6.83.